The second-order valence-electron chi connectivity index (χ2n) is 3.97. The quantitative estimate of drug-likeness (QED) is 0.704. The summed E-state index contributed by atoms with van der Waals surface area (Å²) in [6.07, 6.45) is 2.26. The van der Waals surface area contributed by atoms with Crippen LogP contribution in [0.2, 0.25) is 0 Å². The first-order valence-electron chi connectivity index (χ1n) is 5.11. The normalized spacial score (nSPS) is 23.3. The Morgan fingerprint density at radius 2 is 2.08 bits per heavy atom. The molecule has 3 heteroatoms. The van der Waals surface area contributed by atoms with Gasteiger partial charge in [0.2, 0.25) is 0 Å². The van der Waals surface area contributed by atoms with Crippen molar-refractivity contribution in [3.63, 3.8) is 0 Å². The van der Waals surface area contributed by atoms with E-state index < -0.39 is 0 Å². The van der Waals surface area contributed by atoms with Crippen LogP contribution in [-0.4, -0.2) is 49.5 Å². The van der Waals surface area contributed by atoms with Gasteiger partial charge < -0.3 is 9.84 Å². The number of nitrogens with zero attached hydrogens (tertiary/aromatic N) is 1. The molecule has 0 amide bonds. The number of aliphatic hydroxyl groups is 1. The summed E-state index contributed by atoms with van der Waals surface area (Å²) in [6.45, 7) is 5.57. The third-order valence-electron chi connectivity index (χ3n) is 2.94. The number of rotatable bonds is 4. The van der Waals surface area contributed by atoms with Gasteiger partial charge in [-0.15, -0.1) is 0 Å². The van der Waals surface area contributed by atoms with Crippen LogP contribution in [0.3, 0.4) is 0 Å². The Hall–Kier alpha value is -0.120. The van der Waals surface area contributed by atoms with Crippen LogP contribution in [0.4, 0.5) is 0 Å². The number of likely N-dealkylation sites (tertiary alicyclic amines) is 1. The van der Waals surface area contributed by atoms with Crippen LogP contribution in [0.15, 0.2) is 0 Å². The second kappa shape index (κ2) is 5.58. The third-order valence-corrected chi connectivity index (χ3v) is 2.94. The summed E-state index contributed by atoms with van der Waals surface area (Å²) in [4.78, 5) is 2.44. The van der Waals surface area contributed by atoms with Gasteiger partial charge in [0.25, 0.3) is 0 Å². The molecule has 1 atom stereocenters. The molecule has 0 radical (unpaired) electrons. The smallest absolute Gasteiger partial charge is 0.0615 e. The highest BCUT2D eigenvalue weighted by Gasteiger charge is 2.21. The molecule has 1 saturated heterocycles. The highest BCUT2D eigenvalue weighted by molar-refractivity contribution is 4.75. The fraction of sp³-hybridized carbons (Fsp3) is 1.00. The van der Waals surface area contributed by atoms with Crippen molar-refractivity contribution in [1.82, 2.24) is 4.90 Å². The summed E-state index contributed by atoms with van der Waals surface area (Å²) in [6, 6.07) is 0.518. The minimum absolute atomic E-state index is 0.354. The van der Waals surface area contributed by atoms with Gasteiger partial charge in [0.05, 0.1) is 6.61 Å². The van der Waals surface area contributed by atoms with Gasteiger partial charge in [0.15, 0.2) is 0 Å². The van der Waals surface area contributed by atoms with E-state index in [-0.39, 0.29) is 0 Å². The van der Waals surface area contributed by atoms with Crippen molar-refractivity contribution in [2.24, 2.45) is 5.92 Å². The molecule has 0 aromatic heterocycles. The van der Waals surface area contributed by atoms with E-state index in [1.54, 1.807) is 7.11 Å². The minimum atomic E-state index is 0.354. The molecule has 1 rings (SSSR count). The molecule has 0 aromatic carbocycles. The van der Waals surface area contributed by atoms with Gasteiger partial charge in [0, 0.05) is 19.8 Å². The molecule has 0 aliphatic carbocycles. The molecule has 3 nitrogen and oxygen atoms in total. The molecule has 0 aromatic rings. The summed E-state index contributed by atoms with van der Waals surface area (Å²) in [5.74, 6) is 0.533. The molecular weight excluding hydrogens is 166 g/mol. The van der Waals surface area contributed by atoms with E-state index in [4.69, 9.17) is 9.84 Å². The first-order valence-corrected chi connectivity index (χ1v) is 5.11. The van der Waals surface area contributed by atoms with Gasteiger partial charge in [-0.1, -0.05) is 0 Å². The second-order valence-corrected chi connectivity index (χ2v) is 3.97. The van der Waals surface area contributed by atoms with Gasteiger partial charge >= 0.3 is 0 Å². The van der Waals surface area contributed by atoms with Crippen molar-refractivity contribution in [3.8, 4) is 0 Å². The minimum Gasteiger partial charge on any atom is -0.396 e. The maximum absolute atomic E-state index is 8.98. The van der Waals surface area contributed by atoms with E-state index in [9.17, 15) is 0 Å². The van der Waals surface area contributed by atoms with Gasteiger partial charge in [-0.05, 0) is 38.8 Å². The first kappa shape index (κ1) is 11.0. The van der Waals surface area contributed by atoms with E-state index in [1.807, 2.05) is 0 Å². The van der Waals surface area contributed by atoms with Crippen molar-refractivity contribution in [2.75, 3.05) is 33.4 Å². The summed E-state index contributed by atoms with van der Waals surface area (Å²) in [5, 5.41) is 8.98. The average molecular weight is 187 g/mol. The maximum atomic E-state index is 8.98. The molecule has 1 fully saturated rings. The van der Waals surface area contributed by atoms with Crippen LogP contribution in [0, 0.1) is 5.92 Å². The largest absolute Gasteiger partial charge is 0.396 e. The third kappa shape index (κ3) is 3.25. The van der Waals surface area contributed by atoms with E-state index in [0.717, 1.165) is 32.5 Å². The molecule has 1 heterocycles. The Labute approximate surface area is 80.7 Å². The molecule has 1 aliphatic heterocycles. The van der Waals surface area contributed by atoms with Crippen molar-refractivity contribution in [2.45, 2.75) is 25.8 Å². The zero-order chi connectivity index (χ0) is 9.68. The van der Waals surface area contributed by atoms with Gasteiger partial charge in [-0.2, -0.15) is 0 Å². The lowest BCUT2D eigenvalue weighted by Gasteiger charge is -2.35. The fourth-order valence-electron chi connectivity index (χ4n) is 1.92. The number of hydrogen-bond donors (Lipinski definition) is 1. The van der Waals surface area contributed by atoms with E-state index in [2.05, 4.69) is 11.8 Å². The van der Waals surface area contributed by atoms with Crippen LogP contribution in [-0.2, 0) is 4.74 Å². The average Bonchev–Trinajstić information content (AvgIpc) is 2.18. The Bertz CT molecular complexity index is 133. The molecule has 1 unspecified atom stereocenters. The maximum Gasteiger partial charge on any atom is 0.0615 e. The van der Waals surface area contributed by atoms with Crippen LogP contribution >= 0.6 is 0 Å². The molecule has 13 heavy (non-hydrogen) atoms. The fourth-order valence-corrected chi connectivity index (χ4v) is 1.92. The van der Waals surface area contributed by atoms with Crippen molar-refractivity contribution >= 4 is 0 Å². The molecule has 78 valence electrons. The van der Waals surface area contributed by atoms with Crippen molar-refractivity contribution < 1.29 is 9.84 Å². The lowest BCUT2D eigenvalue weighted by Crippen LogP contribution is -2.42. The summed E-state index contributed by atoms with van der Waals surface area (Å²) in [7, 11) is 1.75. The Morgan fingerprint density at radius 1 is 1.46 bits per heavy atom. The summed E-state index contributed by atoms with van der Waals surface area (Å²) < 4.78 is 5.12. The first-order chi connectivity index (χ1) is 6.27. The standard InChI is InChI=1S/C10H21NO2/c1-9(8-13-2)11-5-3-10(7-12)4-6-11/h9-10,12H,3-8H2,1-2H3. The number of piperidine rings is 1. The summed E-state index contributed by atoms with van der Waals surface area (Å²) >= 11 is 0. The monoisotopic (exact) mass is 187 g/mol. The van der Waals surface area contributed by atoms with Gasteiger partial charge in [0.1, 0.15) is 0 Å². The molecule has 0 bridgehead atoms. The molecule has 0 spiro atoms. The van der Waals surface area contributed by atoms with Gasteiger partial charge in [-0.25, -0.2) is 0 Å². The SMILES string of the molecule is COCC(C)N1CCC(CO)CC1. The Kier molecular flexibility index (Phi) is 4.70. The predicted octanol–water partition coefficient (Wildman–Crippen LogP) is 0.726. The number of hydrogen-bond acceptors (Lipinski definition) is 3. The Balaban J connectivity index is 2.23. The Morgan fingerprint density at radius 3 is 2.54 bits per heavy atom. The lowest BCUT2D eigenvalue weighted by molar-refractivity contribution is 0.0615. The summed E-state index contributed by atoms with van der Waals surface area (Å²) in [5.41, 5.74) is 0. The van der Waals surface area contributed by atoms with Crippen LogP contribution in [0.5, 0.6) is 0 Å². The predicted molar refractivity (Wildman–Crippen MR) is 52.7 cm³/mol. The lowest BCUT2D eigenvalue weighted by atomic mass is 9.97. The molecule has 0 saturated carbocycles. The zero-order valence-corrected chi connectivity index (χ0v) is 8.70. The van der Waals surface area contributed by atoms with Crippen LogP contribution in [0.25, 0.3) is 0 Å². The number of methoxy groups -OCH3 is 1. The molecule has 1 N–H and O–H groups in total. The molecular formula is C10H21NO2. The number of ether oxygens (including phenoxy) is 1. The molecule has 1 aliphatic rings. The topological polar surface area (TPSA) is 32.7 Å². The zero-order valence-electron chi connectivity index (χ0n) is 8.70. The van der Waals surface area contributed by atoms with Crippen molar-refractivity contribution in [1.29, 1.82) is 0 Å². The van der Waals surface area contributed by atoms with Gasteiger partial charge in [-0.3, -0.25) is 4.90 Å². The highest BCUT2D eigenvalue weighted by Crippen LogP contribution is 2.18. The van der Waals surface area contributed by atoms with Crippen LogP contribution < -0.4 is 0 Å². The number of aliphatic hydroxyl groups excluding tert-OH is 1. The van der Waals surface area contributed by atoms with Crippen LogP contribution in [0.1, 0.15) is 19.8 Å². The van der Waals surface area contributed by atoms with Crippen molar-refractivity contribution in [3.05, 3.63) is 0 Å². The van der Waals surface area contributed by atoms with E-state index in [0.29, 0.717) is 18.6 Å². The van der Waals surface area contributed by atoms with E-state index in [1.165, 1.54) is 0 Å². The van der Waals surface area contributed by atoms with E-state index >= 15 is 0 Å². The highest BCUT2D eigenvalue weighted by atomic mass is 16.5.